The van der Waals surface area contributed by atoms with Crippen molar-refractivity contribution in [3.63, 3.8) is 0 Å². The first-order valence-corrected chi connectivity index (χ1v) is 14.2. The van der Waals surface area contributed by atoms with E-state index in [9.17, 15) is 4.79 Å². The summed E-state index contributed by atoms with van der Waals surface area (Å²) in [5, 5.41) is 7.05. The topological polar surface area (TPSA) is 83.9 Å². The fraction of sp³-hybridized carbons (Fsp3) is 0.433. The molecule has 1 aromatic carbocycles. The van der Waals surface area contributed by atoms with Crippen molar-refractivity contribution in [3.05, 3.63) is 71.3 Å². The van der Waals surface area contributed by atoms with Crippen molar-refractivity contribution in [2.45, 2.75) is 45.8 Å². The zero-order valence-corrected chi connectivity index (χ0v) is 24.5. The Morgan fingerprint density at radius 1 is 1.18 bits per heavy atom. The van der Waals surface area contributed by atoms with Gasteiger partial charge in [0.2, 0.25) is 5.91 Å². The number of carbonyl (C=O) groups is 1. The van der Waals surface area contributed by atoms with Crippen LogP contribution in [0.2, 0.25) is 0 Å². The van der Waals surface area contributed by atoms with E-state index in [2.05, 4.69) is 44.9 Å². The molecular formula is C30H38N6O3S. The summed E-state index contributed by atoms with van der Waals surface area (Å²) in [5.41, 5.74) is 6.03. The van der Waals surface area contributed by atoms with Crippen molar-refractivity contribution in [1.82, 2.24) is 19.8 Å². The van der Waals surface area contributed by atoms with Crippen LogP contribution in [-0.4, -0.2) is 65.4 Å². The Morgan fingerprint density at radius 2 is 1.98 bits per heavy atom. The molecule has 0 radical (unpaired) electrons. The van der Waals surface area contributed by atoms with Gasteiger partial charge in [-0.2, -0.15) is 0 Å². The summed E-state index contributed by atoms with van der Waals surface area (Å²) in [4.78, 5) is 21.2. The average Bonchev–Trinajstić information content (AvgIpc) is 3.44. The number of thiocarbonyl (C=S) groups is 1. The van der Waals surface area contributed by atoms with Crippen LogP contribution in [0.3, 0.4) is 0 Å². The average molecular weight is 563 g/mol. The first kappa shape index (κ1) is 28.1. The van der Waals surface area contributed by atoms with Gasteiger partial charge >= 0.3 is 0 Å². The summed E-state index contributed by atoms with van der Waals surface area (Å²) in [6.45, 7) is 11.5. The van der Waals surface area contributed by atoms with E-state index in [0.717, 1.165) is 57.2 Å². The highest BCUT2D eigenvalue weighted by atomic mass is 32.1. The Kier molecular flexibility index (Phi) is 8.68. The standard InChI is InChI=1S/C30H38N6O3S/c1-20-18-24(21(2)35(20)13-7-12-34-14-16-39-17-15-34)29-28(25-8-5-6-11-31-25)33-30(40)36(29)23-9-10-27(38-4)26(19-23)32-22(3)37/h5-6,8-11,18-19,28-29H,7,12-17H2,1-4H3,(H,32,37)(H,33,40). The van der Waals surface area contributed by atoms with Crippen molar-refractivity contribution in [3.8, 4) is 5.75 Å². The number of hydrogen-bond donors (Lipinski definition) is 2. The van der Waals surface area contributed by atoms with E-state index >= 15 is 0 Å². The lowest BCUT2D eigenvalue weighted by atomic mass is 9.96. The molecule has 2 aliphatic heterocycles. The molecule has 212 valence electrons. The molecule has 4 heterocycles. The van der Waals surface area contributed by atoms with Crippen LogP contribution in [-0.2, 0) is 16.1 Å². The van der Waals surface area contributed by atoms with Crippen molar-refractivity contribution in [2.75, 3.05) is 50.2 Å². The fourth-order valence-corrected chi connectivity index (χ4v) is 6.18. The van der Waals surface area contributed by atoms with E-state index in [1.165, 1.54) is 23.9 Å². The minimum absolute atomic E-state index is 0.139. The van der Waals surface area contributed by atoms with Crippen LogP contribution in [0.1, 0.15) is 48.1 Å². The van der Waals surface area contributed by atoms with Crippen LogP contribution in [0.25, 0.3) is 0 Å². The predicted molar refractivity (Wildman–Crippen MR) is 161 cm³/mol. The third-order valence-electron chi connectivity index (χ3n) is 7.76. The van der Waals surface area contributed by atoms with Gasteiger partial charge in [0.25, 0.3) is 0 Å². The van der Waals surface area contributed by atoms with Gasteiger partial charge in [0, 0.05) is 56.4 Å². The smallest absolute Gasteiger partial charge is 0.221 e. The number of morpholine rings is 1. The van der Waals surface area contributed by atoms with E-state index in [1.807, 2.05) is 42.6 Å². The largest absolute Gasteiger partial charge is 0.495 e. The Bertz CT molecular complexity index is 1350. The lowest BCUT2D eigenvalue weighted by Crippen LogP contribution is -2.37. The van der Waals surface area contributed by atoms with Crippen LogP contribution >= 0.6 is 12.2 Å². The molecule has 3 aromatic rings. The monoisotopic (exact) mass is 562 g/mol. The molecule has 2 fully saturated rings. The van der Waals surface area contributed by atoms with Crippen molar-refractivity contribution < 1.29 is 14.3 Å². The minimum Gasteiger partial charge on any atom is -0.495 e. The van der Waals surface area contributed by atoms with Gasteiger partial charge in [0.15, 0.2) is 5.11 Å². The van der Waals surface area contributed by atoms with Crippen molar-refractivity contribution in [1.29, 1.82) is 0 Å². The van der Waals surface area contributed by atoms with Gasteiger partial charge in [0.05, 0.1) is 43.8 Å². The quantitative estimate of drug-likeness (QED) is 0.372. The molecule has 2 aliphatic rings. The van der Waals surface area contributed by atoms with Crippen LogP contribution in [0.15, 0.2) is 48.7 Å². The van der Waals surface area contributed by atoms with Crippen LogP contribution in [0.5, 0.6) is 5.75 Å². The molecule has 0 aliphatic carbocycles. The van der Waals surface area contributed by atoms with Gasteiger partial charge in [-0.05, 0) is 74.4 Å². The molecule has 0 saturated carbocycles. The van der Waals surface area contributed by atoms with Crippen LogP contribution in [0.4, 0.5) is 11.4 Å². The number of benzene rings is 1. The Labute approximate surface area is 241 Å². The summed E-state index contributed by atoms with van der Waals surface area (Å²) in [6.07, 6.45) is 2.89. The fourth-order valence-electron chi connectivity index (χ4n) is 5.83. The van der Waals surface area contributed by atoms with Gasteiger partial charge in [-0.1, -0.05) is 6.07 Å². The number of methoxy groups -OCH3 is 1. The molecule has 2 aromatic heterocycles. The SMILES string of the molecule is COc1ccc(N2C(=S)NC(c3ccccn3)C2c2cc(C)n(CCCN3CCOCC3)c2C)cc1NC(C)=O. The summed E-state index contributed by atoms with van der Waals surface area (Å²) in [7, 11) is 1.59. The van der Waals surface area contributed by atoms with E-state index in [1.54, 1.807) is 7.11 Å². The zero-order valence-electron chi connectivity index (χ0n) is 23.6. The molecule has 0 spiro atoms. The predicted octanol–water partition coefficient (Wildman–Crippen LogP) is 4.37. The minimum atomic E-state index is -0.166. The summed E-state index contributed by atoms with van der Waals surface area (Å²) in [6, 6.07) is 13.7. The molecule has 10 heteroatoms. The molecule has 5 rings (SSSR count). The summed E-state index contributed by atoms with van der Waals surface area (Å²) < 4.78 is 13.4. The Hall–Kier alpha value is -3.47. The second-order valence-corrected chi connectivity index (χ2v) is 10.7. The molecule has 2 saturated heterocycles. The molecule has 1 amide bonds. The highest BCUT2D eigenvalue weighted by molar-refractivity contribution is 7.80. The van der Waals surface area contributed by atoms with Crippen LogP contribution in [0, 0.1) is 13.8 Å². The van der Waals surface area contributed by atoms with Crippen molar-refractivity contribution in [2.24, 2.45) is 0 Å². The lowest BCUT2D eigenvalue weighted by molar-refractivity contribution is -0.114. The zero-order chi connectivity index (χ0) is 28.2. The molecule has 40 heavy (non-hydrogen) atoms. The second-order valence-electron chi connectivity index (χ2n) is 10.3. The number of ether oxygens (including phenoxy) is 2. The van der Waals surface area contributed by atoms with Gasteiger partial charge in [-0.15, -0.1) is 0 Å². The molecule has 9 nitrogen and oxygen atoms in total. The first-order valence-electron chi connectivity index (χ1n) is 13.8. The number of nitrogens with zero attached hydrogens (tertiary/aromatic N) is 4. The highest BCUT2D eigenvalue weighted by Crippen LogP contribution is 2.44. The van der Waals surface area contributed by atoms with Crippen molar-refractivity contribution >= 4 is 34.6 Å². The van der Waals surface area contributed by atoms with E-state index in [0.29, 0.717) is 16.5 Å². The number of anilines is 2. The number of rotatable bonds is 9. The number of aryl methyl sites for hydroxylation is 1. The lowest BCUT2D eigenvalue weighted by Gasteiger charge is -2.29. The molecule has 0 bridgehead atoms. The maximum absolute atomic E-state index is 11.9. The van der Waals surface area contributed by atoms with Gasteiger partial charge in [-0.25, -0.2) is 0 Å². The highest BCUT2D eigenvalue weighted by Gasteiger charge is 2.42. The Morgan fingerprint density at radius 3 is 2.67 bits per heavy atom. The molecular weight excluding hydrogens is 524 g/mol. The van der Waals surface area contributed by atoms with E-state index < -0.39 is 0 Å². The van der Waals surface area contributed by atoms with E-state index in [-0.39, 0.29) is 18.0 Å². The van der Waals surface area contributed by atoms with Gasteiger partial charge in [-0.3, -0.25) is 14.7 Å². The summed E-state index contributed by atoms with van der Waals surface area (Å²) >= 11 is 5.94. The van der Waals surface area contributed by atoms with Crippen LogP contribution < -0.4 is 20.3 Å². The number of nitrogens with one attached hydrogen (secondary N) is 2. The first-order chi connectivity index (χ1) is 19.4. The number of aromatic nitrogens is 2. The Balaban J connectivity index is 1.51. The number of carbonyl (C=O) groups excluding carboxylic acids is 1. The summed E-state index contributed by atoms with van der Waals surface area (Å²) in [5.74, 6) is 0.425. The third kappa shape index (κ3) is 5.84. The number of pyridine rings is 1. The maximum atomic E-state index is 11.9. The molecule has 2 unspecified atom stereocenters. The molecule has 2 atom stereocenters. The number of hydrogen-bond acceptors (Lipinski definition) is 6. The van der Waals surface area contributed by atoms with Gasteiger partial charge in [0.1, 0.15) is 5.75 Å². The van der Waals surface area contributed by atoms with Gasteiger partial charge < -0.3 is 29.6 Å². The second kappa shape index (κ2) is 12.4. The maximum Gasteiger partial charge on any atom is 0.221 e. The van der Waals surface area contributed by atoms with E-state index in [4.69, 9.17) is 26.7 Å². The normalized spacial score (nSPS) is 19.5. The molecule has 2 N–H and O–H groups in total. The third-order valence-corrected chi connectivity index (χ3v) is 8.08. The number of amides is 1.